The molecule has 0 heterocycles. The number of nitrogens with zero attached hydrogens (tertiary/aromatic N) is 1. The fourth-order valence-corrected chi connectivity index (χ4v) is 2.67. The smallest absolute Gasteiger partial charge is 0.250 e. The van der Waals surface area contributed by atoms with Gasteiger partial charge in [0.05, 0.1) is 11.5 Å². The highest BCUT2D eigenvalue weighted by atomic mass is 79.9. The van der Waals surface area contributed by atoms with Crippen LogP contribution < -0.4 is 5.43 Å². The fraction of sp³-hybridized carbons (Fsp3) is 0.176. The summed E-state index contributed by atoms with van der Waals surface area (Å²) in [6.07, 6.45) is 0. The van der Waals surface area contributed by atoms with Gasteiger partial charge in [0.1, 0.15) is 0 Å². The Morgan fingerprint density at radius 1 is 1.14 bits per heavy atom. The number of rotatable bonds is 5. The molecule has 0 aliphatic rings. The van der Waals surface area contributed by atoms with Gasteiger partial charge in [0.25, 0.3) is 0 Å². The minimum Gasteiger partial charge on any atom is -0.272 e. The Morgan fingerprint density at radius 3 is 2.41 bits per heavy atom. The van der Waals surface area contributed by atoms with Crippen molar-refractivity contribution in [3.63, 3.8) is 0 Å². The van der Waals surface area contributed by atoms with Gasteiger partial charge < -0.3 is 0 Å². The van der Waals surface area contributed by atoms with E-state index in [1.807, 2.05) is 62.4 Å². The zero-order valence-corrected chi connectivity index (χ0v) is 14.9. The normalized spacial score (nSPS) is 11.3. The maximum absolute atomic E-state index is 11.8. The van der Waals surface area contributed by atoms with Crippen LogP contribution in [0.15, 0.2) is 63.0 Å². The predicted molar refractivity (Wildman–Crippen MR) is 96.4 cm³/mol. The molecule has 114 valence electrons. The number of nitrogens with one attached hydrogen (secondary N) is 1. The highest BCUT2D eigenvalue weighted by Crippen LogP contribution is 2.17. The van der Waals surface area contributed by atoms with Crippen molar-refractivity contribution < 1.29 is 4.79 Å². The molecule has 2 aromatic rings. The molecule has 1 N–H and O–H groups in total. The summed E-state index contributed by atoms with van der Waals surface area (Å²) >= 11 is 4.89. The summed E-state index contributed by atoms with van der Waals surface area (Å²) in [4.78, 5) is 12.9. The molecule has 0 unspecified atom stereocenters. The van der Waals surface area contributed by atoms with Gasteiger partial charge in [-0.25, -0.2) is 5.43 Å². The number of hydrogen-bond donors (Lipinski definition) is 1. The van der Waals surface area contributed by atoms with Crippen LogP contribution in [0.5, 0.6) is 0 Å². The van der Waals surface area contributed by atoms with Gasteiger partial charge in [-0.1, -0.05) is 45.8 Å². The molecule has 0 atom stereocenters. The number of carbonyl (C=O) groups is 1. The van der Waals surface area contributed by atoms with Crippen LogP contribution in [-0.4, -0.2) is 17.4 Å². The number of amides is 1. The molecule has 0 fully saturated rings. The molecule has 22 heavy (non-hydrogen) atoms. The van der Waals surface area contributed by atoms with Crippen LogP contribution in [0.2, 0.25) is 0 Å². The molecule has 0 aliphatic heterocycles. The van der Waals surface area contributed by atoms with Crippen LogP contribution in [0.4, 0.5) is 0 Å². The molecule has 1 amide bonds. The van der Waals surface area contributed by atoms with Crippen LogP contribution in [-0.2, 0) is 4.79 Å². The number of aryl methyl sites for hydroxylation is 1. The van der Waals surface area contributed by atoms with E-state index in [2.05, 4.69) is 26.5 Å². The summed E-state index contributed by atoms with van der Waals surface area (Å²) in [5, 5.41) is 4.14. The molecule has 2 rings (SSSR count). The van der Waals surface area contributed by atoms with Crippen molar-refractivity contribution in [2.24, 2.45) is 5.10 Å². The van der Waals surface area contributed by atoms with E-state index in [0.717, 1.165) is 20.6 Å². The molecule has 0 aromatic heterocycles. The first kappa shape index (κ1) is 16.8. The van der Waals surface area contributed by atoms with Crippen LogP contribution in [0.3, 0.4) is 0 Å². The molecule has 0 spiro atoms. The Bertz CT molecular complexity index is 666. The monoisotopic (exact) mass is 376 g/mol. The highest BCUT2D eigenvalue weighted by Gasteiger charge is 2.03. The van der Waals surface area contributed by atoms with Crippen LogP contribution in [0.25, 0.3) is 0 Å². The van der Waals surface area contributed by atoms with Gasteiger partial charge in [-0.05, 0) is 43.7 Å². The van der Waals surface area contributed by atoms with E-state index in [1.54, 1.807) is 0 Å². The van der Waals surface area contributed by atoms with Crippen molar-refractivity contribution in [1.29, 1.82) is 0 Å². The molecular formula is C17H17BrN2OS. The van der Waals surface area contributed by atoms with Crippen molar-refractivity contribution in [2.75, 3.05) is 5.75 Å². The zero-order chi connectivity index (χ0) is 15.9. The molecule has 0 saturated carbocycles. The third kappa shape index (κ3) is 5.31. The van der Waals surface area contributed by atoms with Crippen molar-refractivity contribution >= 4 is 39.3 Å². The quantitative estimate of drug-likeness (QED) is 0.477. The lowest BCUT2D eigenvalue weighted by atomic mass is 10.1. The second kappa shape index (κ2) is 8.15. The molecule has 0 aliphatic carbocycles. The molecule has 0 radical (unpaired) electrons. The maximum Gasteiger partial charge on any atom is 0.250 e. The summed E-state index contributed by atoms with van der Waals surface area (Å²) in [6.45, 7) is 3.91. The highest BCUT2D eigenvalue weighted by molar-refractivity contribution is 9.10. The van der Waals surface area contributed by atoms with Gasteiger partial charge >= 0.3 is 0 Å². The molecular weight excluding hydrogens is 360 g/mol. The fourth-order valence-electron chi connectivity index (χ4n) is 1.72. The standard InChI is InChI=1S/C17H17BrN2OS/c1-12-3-9-16(10-4-12)22-11-17(21)20-19-13(2)14-5-7-15(18)8-6-14/h3-10H,11H2,1-2H3,(H,20,21)/b19-13-. The number of halogens is 1. The number of hydrogen-bond acceptors (Lipinski definition) is 3. The van der Waals surface area contributed by atoms with Gasteiger partial charge in [-0.3, -0.25) is 4.79 Å². The van der Waals surface area contributed by atoms with Gasteiger partial charge in [-0.2, -0.15) is 5.10 Å². The summed E-state index contributed by atoms with van der Waals surface area (Å²) in [7, 11) is 0. The SMILES string of the molecule is C/C(=N/NC(=O)CSc1ccc(C)cc1)c1ccc(Br)cc1. The first-order valence-electron chi connectivity index (χ1n) is 6.83. The summed E-state index contributed by atoms with van der Waals surface area (Å²) in [5.74, 6) is 0.238. The van der Waals surface area contributed by atoms with Crippen molar-refractivity contribution in [1.82, 2.24) is 5.43 Å². The number of hydrazone groups is 1. The zero-order valence-electron chi connectivity index (χ0n) is 12.5. The maximum atomic E-state index is 11.8. The average Bonchev–Trinajstić information content (AvgIpc) is 2.52. The van der Waals surface area contributed by atoms with Crippen LogP contribution in [0, 0.1) is 6.92 Å². The van der Waals surface area contributed by atoms with Crippen molar-refractivity contribution in [2.45, 2.75) is 18.7 Å². The third-order valence-electron chi connectivity index (χ3n) is 3.00. The van der Waals surface area contributed by atoms with Gasteiger partial charge in [0.15, 0.2) is 0 Å². The first-order valence-corrected chi connectivity index (χ1v) is 8.61. The van der Waals surface area contributed by atoms with E-state index in [9.17, 15) is 4.79 Å². The van der Waals surface area contributed by atoms with E-state index < -0.39 is 0 Å². The number of thioether (sulfide) groups is 1. The van der Waals surface area contributed by atoms with E-state index >= 15 is 0 Å². The van der Waals surface area contributed by atoms with E-state index in [-0.39, 0.29) is 5.91 Å². The van der Waals surface area contributed by atoms with E-state index in [4.69, 9.17) is 0 Å². The summed E-state index contributed by atoms with van der Waals surface area (Å²) < 4.78 is 1.02. The molecule has 5 heteroatoms. The van der Waals surface area contributed by atoms with Crippen molar-refractivity contribution in [3.8, 4) is 0 Å². The van der Waals surface area contributed by atoms with E-state index in [1.165, 1.54) is 17.3 Å². The van der Waals surface area contributed by atoms with Gasteiger partial charge in [-0.15, -0.1) is 11.8 Å². The lowest BCUT2D eigenvalue weighted by Gasteiger charge is -2.04. The Balaban J connectivity index is 1.85. The molecule has 3 nitrogen and oxygen atoms in total. The number of benzene rings is 2. The predicted octanol–water partition coefficient (Wildman–Crippen LogP) is 4.39. The second-order valence-electron chi connectivity index (χ2n) is 4.84. The summed E-state index contributed by atoms with van der Waals surface area (Å²) in [6, 6.07) is 15.9. The Hall–Kier alpha value is -1.59. The third-order valence-corrected chi connectivity index (χ3v) is 4.54. The minimum absolute atomic E-state index is 0.109. The lowest BCUT2D eigenvalue weighted by molar-refractivity contribution is -0.118. The molecule has 0 bridgehead atoms. The van der Waals surface area contributed by atoms with Crippen LogP contribution in [0.1, 0.15) is 18.1 Å². The Morgan fingerprint density at radius 2 is 1.77 bits per heavy atom. The van der Waals surface area contributed by atoms with Crippen LogP contribution >= 0.6 is 27.7 Å². The van der Waals surface area contributed by atoms with E-state index in [0.29, 0.717) is 5.75 Å². The van der Waals surface area contributed by atoms with Gasteiger partial charge in [0, 0.05) is 9.37 Å². The first-order chi connectivity index (χ1) is 10.5. The van der Waals surface area contributed by atoms with Crippen molar-refractivity contribution in [3.05, 3.63) is 64.1 Å². The topological polar surface area (TPSA) is 41.5 Å². The average molecular weight is 377 g/mol. The molecule has 0 saturated heterocycles. The Labute approximate surface area is 143 Å². The van der Waals surface area contributed by atoms with Gasteiger partial charge in [0.2, 0.25) is 5.91 Å². The second-order valence-corrected chi connectivity index (χ2v) is 6.81. The lowest BCUT2D eigenvalue weighted by Crippen LogP contribution is -2.21. The Kier molecular flexibility index (Phi) is 6.21. The largest absolute Gasteiger partial charge is 0.272 e. The summed E-state index contributed by atoms with van der Waals surface area (Å²) in [5.41, 5.74) is 5.57. The minimum atomic E-state index is -0.109. The number of carbonyl (C=O) groups excluding carboxylic acids is 1. The molecule has 2 aromatic carbocycles.